The molecular weight excluding hydrogens is 176 g/mol. The van der Waals surface area contributed by atoms with Crippen molar-refractivity contribution in [2.45, 2.75) is 0 Å². The van der Waals surface area contributed by atoms with Crippen LogP contribution in [0.15, 0.2) is 10.9 Å². The molecule has 6 heteroatoms. The first-order valence-electron chi connectivity index (χ1n) is 3.42. The molecule has 0 radical (unpaired) electrons. The number of carboxylic acids is 1. The standard InChI is InChI=1S/C7H8N2O4/c1-9-5(10)3-4(13-2)6(8-9)7(11)12/h3H,1-2H3,(H,11,12). The summed E-state index contributed by atoms with van der Waals surface area (Å²) in [7, 11) is 2.65. The molecule has 0 spiro atoms. The number of hydrogen-bond donors (Lipinski definition) is 1. The maximum Gasteiger partial charge on any atom is 0.360 e. The molecule has 0 aliphatic carbocycles. The Balaban J connectivity index is 3.42. The number of aromatic nitrogens is 2. The summed E-state index contributed by atoms with van der Waals surface area (Å²) in [4.78, 5) is 21.6. The van der Waals surface area contributed by atoms with Crippen molar-refractivity contribution in [3.05, 3.63) is 22.1 Å². The largest absolute Gasteiger partial charge is 0.494 e. The van der Waals surface area contributed by atoms with E-state index in [-0.39, 0.29) is 11.4 Å². The van der Waals surface area contributed by atoms with E-state index in [1.807, 2.05) is 0 Å². The van der Waals surface area contributed by atoms with Crippen LogP contribution in [-0.4, -0.2) is 28.0 Å². The van der Waals surface area contributed by atoms with Gasteiger partial charge in [-0.1, -0.05) is 0 Å². The van der Waals surface area contributed by atoms with Crippen molar-refractivity contribution in [3.8, 4) is 5.75 Å². The van der Waals surface area contributed by atoms with Crippen LogP contribution >= 0.6 is 0 Å². The lowest BCUT2D eigenvalue weighted by molar-refractivity contribution is 0.0683. The second-order valence-electron chi connectivity index (χ2n) is 2.33. The molecule has 0 saturated heterocycles. The summed E-state index contributed by atoms with van der Waals surface area (Å²) in [5.74, 6) is -1.26. The Bertz CT molecular complexity index is 396. The summed E-state index contributed by atoms with van der Waals surface area (Å²) < 4.78 is 5.62. The van der Waals surface area contributed by atoms with Crippen molar-refractivity contribution in [1.82, 2.24) is 9.78 Å². The molecule has 0 bridgehead atoms. The number of hydrogen-bond acceptors (Lipinski definition) is 4. The molecule has 0 aliphatic rings. The fraction of sp³-hybridized carbons (Fsp3) is 0.286. The fourth-order valence-corrected chi connectivity index (χ4v) is 0.826. The molecule has 70 valence electrons. The van der Waals surface area contributed by atoms with Gasteiger partial charge in [-0.3, -0.25) is 4.79 Å². The van der Waals surface area contributed by atoms with Gasteiger partial charge in [0.25, 0.3) is 5.56 Å². The molecule has 0 atom stereocenters. The van der Waals surface area contributed by atoms with Gasteiger partial charge in [0, 0.05) is 13.1 Å². The summed E-state index contributed by atoms with van der Waals surface area (Å²) in [6.45, 7) is 0. The minimum Gasteiger partial charge on any atom is -0.494 e. The molecule has 0 amide bonds. The van der Waals surface area contributed by atoms with E-state index in [2.05, 4.69) is 9.84 Å². The van der Waals surface area contributed by atoms with Crippen molar-refractivity contribution in [2.75, 3.05) is 7.11 Å². The minimum atomic E-state index is -1.23. The first-order valence-corrected chi connectivity index (χ1v) is 3.42. The number of nitrogens with zero attached hydrogens (tertiary/aromatic N) is 2. The molecular formula is C7H8N2O4. The van der Waals surface area contributed by atoms with E-state index in [0.29, 0.717) is 0 Å². The zero-order chi connectivity index (χ0) is 10.0. The van der Waals surface area contributed by atoms with Crippen molar-refractivity contribution >= 4 is 5.97 Å². The highest BCUT2D eigenvalue weighted by molar-refractivity contribution is 5.88. The van der Waals surface area contributed by atoms with Gasteiger partial charge in [-0.05, 0) is 0 Å². The van der Waals surface area contributed by atoms with Crippen LogP contribution in [0.25, 0.3) is 0 Å². The first-order chi connectivity index (χ1) is 6.06. The second-order valence-corrected chi connectivity index (χ2v) is 2.33. The number of ether oxygens (including phenoxy) is 1. The average Bonchev–Trinajstić information content (AvgIpc) is 2.08. The van der Waals surface area contributed by atoms with E-state index >= 15 is 0 Å². The molecule has 1 heterocycles. The Morgan fingerprint density at radius 2 is 2.31 bits per heavy atom. The van der Waals surface area contributed by atoms with Crippen LogP contribution < -0.4 is 10.3 Å². The number of aryl methyl sites for hydroxylation is 1. The summed E-state index contributed by atoms with van der Waals surface area (Å²) in [6, 6.07) is 1.08. The van der Waals surface area contributed by atoms with Gasteiger partial charge < -0.3 is 9.84 Å². The van der Waals surface area contributed by atoms with Crippen LogP contribution in [0, 0.1) is 0 Å². The monoisotopic (exact) mass is 184 g/mol. The van der Waals surface area contributed by atoms with E-state index in [1.165, 1.54) is 14.2 Å². The number of methoxy groups -OCH3 is 1. The molecule has 1 aromatic heterocycles. The Morgan fingerprint density at radius 3 is 2.77 bits per heavy atom. The molecule has 0 unspecified atom stereocenters. The van der Waals surface area contributed by atoms with Crippen LogP contribution in [0.3, 0.4) is 0 Å². The topological polar surface area (TPSA) is 81.4 Å². The van der Waals surface area contributed by atoms with E-state index in [1.54, 1.807) is 0 Å². The third-order valence-corrected chi connectivity index (χ3v) is 1.48. The fourth-order valence-electron chi connectivity index (χ4n) is 0.826. The molecule has 0 aromatic carbocycles. The van der Waals surface area contributed by atoms with E-state index < -0.39 is 11.5 Å². The highest BCUT2D eigenvalue weighted by atomic mass is 16.5. The number of carboxylic acid groups (broad SMARTS) is 1. The number of aromatic carboxylic acids is 1. The van der Waals surface area contributed by atoms with E-state index in [0.717, 1.165) is 10.7 Å². The van der Waals surface area contributed by atoms with Gasteiger partial charge in [0.1, 0.15) is 0 Å². The molecule has 1 aromatic rings. The van der Waals surface area contributed by atoms with Gasteiger partial charge in [-0.2, -0.15) is 5.10 Å². The predicted molar refractivity (Wildman–Crippen MR) is 43.0 cm³/mol. The van der Waals surface area contributed by atoms with Gasteiger partial charge in [-0.25, -0.2) is 9.48 Å². The Hall–Kier alpha value is -1.85. The highest BCUT2D eigenvalue weighted by Gasteiger charge is 2.14. The lowest BCUT2D eigenvalue weighted by atomic mass is 10.3. The van der Waals surface area contributed by atoms with Crippen LogP contribution in [0.5, 0.6) is 5.75 Å². The van der Waals surface area contributed by atoms with Gasteiger partial charge >= 0.3 is 5.97 Å². The van der Waals surface area contributed by atoms with Crippen molar-refractivity contribution in [2.24, 2.45) is 7.05 Å². The quantitative estimate of drug-likeness (QED) is 0.669. The first kappa shape index (κ1) is 9.24. The summed E-state index contributed by atoms with van der Waals surface area (Å²) in [5, 5.41) is 12.2. The highest BCUT2D eigenvalue weighted by Crippen LogP contribution is 2.11. The zero-order valence-electron chi connectivity index (χ0n) is 7.14. The zero-order valence-corrected chi connectivity index (χ0v) is 7.14. The molecule has 6 nitrogen and oxygen atoms in total. The summed E-state index contributed by atoms with van der Waals surface area (Å²) >= 11 is 0. The normalized spacial score (nSPS) is 9.69. The Kier molecular flexibility index (Phi) is 2.32. The third-order valence-electron chi connectivity index (χ3n) is 1.48. The van der Waals surface area contributed by atoms with E-state index in [4.69, 9.17) is 5.11 Å². The Morgan fingerprint density at radius 1 is 1.69 bits per heavy atom. The molecule has 0 saturated carbocycles. The van der Waals surface area contributed by atoms with Crippen molar-refractivity contribution < 1.29 is 14.6 Å². The minimum absolute atomic E-state index is 0.0319. The van der Waals surface area contributed by atoms with Gasteiger partial charge in [0.15, 0.2) is 5.75 Å². The number of rotatable bonds is 2. The molecule has 0 aliphatic heterocycles. The van der Waals surface area contributed by atoms with Crippen molar-refractivity contribution in [3.63, 3.8) is 0 Å². The lowest BCUT2D eigenvalue weighted by Crippen LogP contribution is -2.22. The van der Waals surface area contributed by atoms with Crippen LogP contribution in [0.2, 0.25) is 0 Å². The van der Waals surface area contributed by atoms with Crippen molar-refractivity contribution in [1.29, 1.82) is 0 Å². The van der Waals surface area contributed by atoms with Crippen LogP contribution in [0.1, 0.15) is 10.5 Å². The molecule has 0 fully saturated rings. The lowest BCUT2D eigenvalue weighted by Gasteiger charge is -2.03. The summed E-state index contributed by atoms with van der Waals surface area (Å²) in [5.41, 5.74) is -0.688. The van der Waals surface area contributed by atoms with Gasteiger partial charge in [-0.15, -0.1) is 0 Å². The second kappa shape index (κ2) is 3.26. The van der Waals surface area contributed by atoms with Crippen LogP contribution in [-0.2, 0) is 7.05 Å². The third kappa shape index (κ3) is 1.66. The SMILES string of the molecule is COc1cc(=O)n(C)nc1C(=O)O. The number of carbonyl (C=O) groups is 1. The maximum atomic E-state index is 11.0. The van der Waals surface area contributed by atoms with Crippen LogP contribution in [0.4, 0.5) is 0 Å². The van der Waals surface area contributed by atoms with E-state index in [9.17, 15) is 9.59 Å². The smallest absolute Gasteiger partial charge is 0.360 e. The van der Waals surface area contributed by atoms with Gasteiger partial charge in [0.05, 0.1) is 7.11 Å². The predicted octanol–water partition coefficient (Wildman–Crippen LogP) is -0.513. The summed E-state index contributed by atoms with van der Waals surface area (Å²) in [6.07, 6.45) is 0. The average molecular weight is 184 g/mol. The molecule has 1 N–H and O–H groups in total. The van der Waals surface area contributed by atoms with Gasteiger partial charge in [0.2, 0.25) is 5.69 Å². The molecule has 1 rings (SSSR count). The molecule has 13 heavy (non-hydrogen) atoms. The maximum absolute atomic E-state index is 11.0. The Labute approximate surface area is 73.4 Å².